The molecule has 2 aromatic heterocycles. The molecular formula is C11H12N4O3. The van der Waals surface area contributed by atoms with Gasteiger partial charge in [-0.15, -0.1) is 0 Å². The lowest BCUT2D eigenvalue weighted by Gasteiger charge is -2.04. The molecule has 0 aliphatic carbocycles. The molecule has 7 nitrogen and oxygen atoms in total. The quantitative estimate of drug-likeness (QED) is 0.754. The van der Waals surface area contributed by atoms with Crippen LogP contribution in [0.5, 0.6) is 0 Å². The predicted molar refractivity (Wildman–Crippen MR) is 63.7 cm³/mol. The van der Waals surface area contributed by atoms with Gasteiger partial charge in [-0.05, 0) is 19.1 Å². The van der Waals surface area contributed by atoms with Gasteiger partial charge in [0.2, 0.25) is 0 Å². The molecular weight excluding hydrogens is 236 g/mol. The number of carboxylic acids is 1. The molecule has 2 heterocycles. The highest BCUT2D eigenvalue weighted by molar-refractivity contribution is 6.06. The molecule has 0 aliphatic rings. The number of hydrogen-bond donors (Lipinski definition) is 3. The highest BCUT2D eigenvalue weighted by Crippen LogP contribution is 2.17. The molecule has 0 saturated heterocycles. The van der Waals surface area contributed by atoms with Gasteiger partial charge >= 0.3 is 5.97 Å². The summed E-state index contributed by atoms with van der Waals surface area (Å²) in [5, 5.41) is 15.4. The summed E-state index contributed by atoms with van der Waals surface area (Å²) in [6.07, 6.45) is 1.50. The molecule has 1 amide bonds. The van der Waals surface area contributed by atoms with Crippen molar-refractivity contribution in [2.24, 2.45) is 7.05 Å². The number of amides is 1. The number of H-pyrrole nitrogens is 1. The lowest BCUT2D eigenvalue weighted by atomic mass is 10.3. The molecule has 0 aromatic carbocycles. The Morgan fingerprint density at radius 2 is 2.22 bits per heavy atom. The van der Waals surface area contributed by atoms with E-state index >= 15 is 0 Å². The lowest BCUT2D eigenvalue weighted by molar-refractivity contribution is 0.0692. The number of nitrogens with one attached hydrogen (secondary N) is 2. The summed E-state index contributed by atoms with van der Waals surface area (Å²) in [7, 11) is 1.63. The molecule has 3 N–H and O–H groups in total. The number of anilines is 1. The van der Waals surface area contributed by atoms with E-state index in [1.807, 2.05) is 0 Å². The fraction of sp³-hybridized carbons (Fsp3) is 0.182. The predicted octanol–water partition coefficient (Wildman–Crippen LogP) is 1.01. The zero-order chi connectivity index (χ0) is 13.3. The first-order chi connectivity index (χ1) is 8.49. The van der Waals surface area contributed by atoms with Crippen LogP contribution < -0.4 is 5.32 Å². The number of aromatic nitrogens is 3. The second-order valence-corrected chi connectivity index (χ2v) is 3.84. The molecule has 2 rings (SSSR count). The zero-order valence-corrected chi connectivity index (χ0v) is 9.89. The first-order valence-corrected chi connectivity index (χ1v) is 5.21. The van der Waals surface area contributed by atoms with Gasteiger partial charge in [0.05, 0.1) is 5.69 Å². The van der Waals surface area contributed by atoms with Crippen LogP contribution in [-0.4, -0.2) is 31.7 Å². The molecule has 94 valence electrons. The molecule has 0 saturated carbocycles. The number of rotatable bonds is 3. The van der Waals surface area contributed by atoms with E-state index in [4.69, 9.17) is 5.11 Å². The number of aromatic amines is 1. The molecule has 0 aliphatic heterocycles. The van der Waals surface area contributed by atoms with E-state index in [2.05, 4.69) is 15.4 Å². The van der Waals surface area contributed by atoms with Crippen LogP contribution in [-0.2, 0) is 7.05 Å². The van der Waals surface area contributed by atoms with Gasteiger partial charge < -0.3 is 15.4 Å². The molecule has 0 bridgehead atoms. The number of aromatic carboxylic acids is 1. The standard InChI is InChI=1S/C11H12N4O3/c1-6-5-7(9(13-6)11(17)18)14-10(16)8-3-4-12-15(8)2/h3-5,13H,1-2H3,(H,14,16)(H,17,18). The molecule has 0 unspecified atom stereocenters. The molecule has 0 spiro atoms. The normalized spacial score (nSPS) is 10.3. The van der Waals surface area contributed by atoms with Crippen molar-refractivity contribution in [2.75, 3.05) is 5.32 Å². The topological polar surface area (TPSA) is 100 Å². The average Bonchev–Trinajstić information content (AvgIpc) is 2.84. The van der Waals surface area contributed by atoms with Crippen LogP contribution >= 0.6 is 0 Å². The zero-order valence-electron chi connectivity index (χ0n) is 9.89. The first kappa shape index (κ1) is 11.9. The maximum Gasteiger partial charge on any atom is 0.354 e. The third-order valence-corrected chi connectivity index (χ3v) is 2.47. The van der Waals surface area contributed by atoms with Gasteiger partial charge in [-0.3, -0.25) is 9.48 Å². The van der Waals surface area contributed by atoms with E-state index in [0.717, 1.165) is 0 Å². The monoisotopic (exact) mass is 248 g/mol. The van der Waals surface area contributed by atoms with Gasteiger partial charge in [0.15, 0.2) is 0 Å². The smallest absolute Gasteiger partial charge is 0.354 e. The minimum atomic E-state index is -1.12. The van der Waals surface area contributed by atoms with Crippen LogP contribution in [0.15, 0.2) is 18.3 Å². The van der Waals surface area contributed by atoms with Crippen molar-refractivity contribution >= 4 is 17.6 Å². The van der Waals surface area contributed by atoms with Crippen LogP contribution in [0, 0.1) is 6.92 Å². The van der Waals surface area contributed by atoms with E-state index < -0.39 is 11.9 Å². The molecule has 0 atom stereocenters. The third kappa shape index (κ3) is 2.10. The molecule has 0 radical (unpaired) electrons. The molecule has 7 heteroatoms. The highest BCUT2D eigenvalue weighted by Gasteiger charge is 2.17. The van der Waals surface area contributed by atoms with Crippen molar-refractivity contribution in [3.05, 3.63) is 35.4 Å². The average molecular weight is 248 g/mol. The van der Waals surface area contributed by atoms with Crippen molar-refractivity contribution in [3.63, 3.8) is 0 Å². The number of carbonyl (C=O) groups is 2. The number of nitrogens with zero attached hydrogens (tertiary/aromatic N) is 2. The SMILES string of the molecule is Cc1cc(NC(=O)c2ccnn2C)c(C(=O)O)[nH]1. The van der Waals surface area contributed by atoms with Crippen molar-refractivity contribution in [1.29, 1.82) is 0 Å². The first-order valence-electron chi connectivity index (χ1n) is 5.21. The van der Waals surface area contributed by atoms with Crippen LogP contribution in [0.25, 0.3) is 0 Å². The number of hydrogen-bond acceptors (Lipinski definition) is 3. The minimum Gasteiger partial charge on any atom is -0.477 e. The third-order valence-electron chi connectivity index (χ3n) is 2.47. The van der Waals surface area contributed by atoms with Crippen LogP contribution in [0.2, 0.25) is 0 Å². The maximum atomic E-state index is 11.9. The summed E-state index contributed by atoms with van der Waals surface area (Å²) in [5.74, 6) is -1.53. The van der Waals surface area contributed by atoms with E-state index in [-0.39, 0.29) is 11.4 Å². The Morgan fingerprint density at radius 1 is 1.50 bits per heavy atom. The fourth-order valence-electron chi connectivity index (χ4n) is 1.64. The van der Waals surface area contributed by atoms with Gasteiger partial charge in [0.25, 0.3) is 5.91 Å². The second-order valence-electron chi connectivity index (χ2n) is 3.84. The van der Waals surface area contributed by atoms with Gasteiger partial charge in [0, 0.05) is 18.9 Å². The summed E-state index contributed by atoms with van der Waals surface area (Å²) in [5.41, 5.74) is 1.21. The summed E-state index contributed by atoms with van der Waals surface area (Å²) < 4.78 is 1.41. The number of carboxylic acid groups (broad SMARTS) is 1. The van der Waals surface area contributed by atoms with Crippen molar-refractivity contribution in [3.8, 4) is 0 Å². The molecule has 18 heavy (non-hydrogen) atoms. The summed E-state index contributed by atoms with van der Waals surface area (Å²) in [6.45, 7) is 1.71. The Bertz CT molecular complexity index is 612. The van der Waals surface area contributed by atoms with Crippen LogP contribution in [0.1, 0.15) is 26.7 Å². The fourth-order valence-corrected chi connectivity index (χ4v) is 1.64. The van der Waals surface area contributed by atoms with Crippen LogP contribution in [0.4, 0.5) is 5.69 Å². The molecule has 0 fully saturated rings. The largest absolute Gasteiger partial charge is 0.477 e. The van der Waals surface area contributed by atoms with Crippen molar-refractivity contribution < 1.29 is 14.7 Å². The summed E-state index contributed by atoms with van der Waals surface area (Å²) >= 11 is 0. The Hall–Kier alpha value is -2.57. The van der Waals surface area contributed by atoms with E-state index in [1.54, 1.807) is 26.1 Å². The van der Waals surface area contributed by atoms with E-state index in [1.165, 1.54) is 10.9 Å². The Kier molecular flexibility index (Phi) is 2.88. The number of carbonyl (C=O) groups excluding carboxylic acids is 1. The van der Waals surface area contributed by atoms with Gasteiger partial charge in [0.1, 0.15) is 11.4 Å². The van der Waals surface area contributed by atoms with E-state index in [0.29, 0.717) is 11.4 Å². The van der Waals surface area contributed by atoms with E-state index in [9.17, 15) is 9.59 Å². The Morgan fingerprint density at radius 3 is 2.78 bits per heavy atom. The Balaban J connectivity index is 2.27. The summed E-state index contributed by atoms with van der Waals surface area (Å²) in [4.78, 5) is 25.5. The van der Waals surface area contributed by atoms with Gasteiger partial charge in [-0.2, -0.15) is 5.10 Å². The Labute approximate surface area is 102 Å². The highest BCUT2D eigenvalue weighted by atomic mass is 16.4. The van der Waals surface area contributed by atoms with Gasteiger partial charge in [-0.25, -0.2) is 4.79 Å². The maximum absolute atomic E-state index is 11.9. The van der Waals surface area contributed by atoms with Crippen LogP contribution in [0.3, 0.4) is 0 Å². The number of aryl methyl sites for hydroxylation is 2. The van der Waals surface area contributed by atoms with Crippen molar-refractivity contribution in [2.45, 2.75) is 6.92 Å². The second kappa shape index (κ2) is 4.36. The lowest BCUT2D eigenvalue weighted by Crippen LogP contribution is -2.17. The summed E-state index contributed by atoms with van der Waals surface area (Å²) in [6, 6.07) is 3.12. The van der Waals surface area contributed by atoms with Crippen molar-refractivity contribution in [1.82, 2.24) is 14.8 Å². The van der Waals surface area contributed by atoms with Gasteiger partial charge in [-0.1, -0.05) is 0 Å². The molecule has 2 aromatic rings. The minimum absolute atomic E-state index is 0.0389.